The van der Waals surface area contributed by atoms with Crippen LogP contribution in [-0.4, -0.2) is 23.7 Å². The van der Waals surface area contributed by atoms with Crippen LogP contribution in [0.4, 0.5) is 11.4 Å². The maximum atomic E-state index is 12.4. The highest BCUT2D eigenvalue weighted by molar-refractivity contribution is 8.18. The van der Waals surface area contributed by atoms with Gasteiger partial charge in [0.1, 0.15) is 0 Å². The fraction of sp³-hybridized carbons (Fsp3) is 0.304. The summed E-state index contributed by atoms with van der Waals surface area (Å²) < 4.78 is 0. The van der Waals surface area contributed by atoms with Gasteiger partial charge >= 0.3 is 0 Å². The molecule has 2 aliphatic rings. The topological polar surface area (TPSA) is 44.7 Å². The van der Waals surface area contributed by atoms with E-state index in [1.54, 1.807) is 0 Å². The maximum Gasteiger partial charge on any atom is 0.264 e. The molecule has 28 heavy (non-hydrogen) atoms. The molecule has 0 spiro atoms. The molecule has 4 nitrogen and oxygen atoms in total. The highest BCUT2D eigenvalue weighted by Gasteiger charge is 2.34. The lowest BCUT2D eigenvalue weighted by molar-refractivity contribution is -0.115. The van der Waals surface area contributed by atoms with E-state index in [-0.39, 0.29) is 11.4 Å². The quantitative estimate of drug-likeness (QED) is 0.707. The molecule has 2 heterocycles. The van der Waals surface area contributed by atoms with Gasteiger partial charge in [-0.1, -0.05) is 31.2 Å². The Morgan fingerprint density at radius 2 is 1.96 bits per heavy atom. The predicted molar refractivity (Wildman–Crippen MR) is 119 cm³/mol. The van der Waals surface area contributed by atoms with Gasteiger partial charge < -0.3 is 10.2 Å². The molecule has 5 heteroatoms. The molecule has 0 saturated carbocycles. The molecule has 1 N–H and O–H groups in total. The summed E-state index contributed by atoms with van der Waals surface area (Å²) in [4.78, 5) is 19.9. The lowest BCUT2D eigenvalue weighted by Crippen LogP contribution is -2.45. The molecule has 0 aliphatic carbocycles. The maximum absolute atomic E-state index is 12.4. The first-order chi connectivity index (χ1) is 13.3. The van der Waals surface area contributed by atoms with Crippen molar-refractivity contribution in [2.45, 2.75) is 38.6 Å². The summed E-state index contributed by atoms with van der Waals surface area (Å²) in [5.41, 5.74) is 4.66. The van der Waals surface area contributed by atoms with Gasteiger partial charge in [0.15, 0.2) is 5.17 Å². The Bertz CT molecular complexity index is 979. The number of nitrogens with zero attached hydrogens (tertiary/aromatic N) is 2. The standard InChI is InChI=1S/C23H25N3OS/c1-15-14-23(2,3)26(4)19-11-10-16(12-18(15)19)13-20-21(27)25-22(28-20)24-17-8-6-5-7-9-17/h5-13,15H,14H2,1-4H3,(H,24,25,27)/b20-13-. The Hall–Kier alpha value is -2.53. The zero-order valence-electron chi connectivity index (χ0n) is 16.7. The van der Waals surface area contributed by atoms with Crippen LogP contribution in [0.25, 0.3) is 6.08 Å². The van der Waals surface area contributed by atoms with Gasteiger partial charge in [0.2, 0.25) is 0 Å². The summed E-state index contributed by atoms with van der Waals surface area (Å²) in [7, 11) is 2.16. The van der Waals surface area contributed by atoms with E-state index in [1.807, 2.05) is 36.4 Å². The summed E-state index contributed by atoms with van der Waals surface area (Å²) in [6.07, 6.45) is 3.07. The molecule has 0 radical (unpaired) electrons. The smallest absolute Gasteiger partial charge is 0.264 e. The zero-order chi connectivity index (χ0) is 19.9. The fourth-order valence-corrected chi connectivity index (χ4v) is 4.78. The van der Waals surface area contributed by atoms with Gasteiger partial charge in [-0.15, -0.1) is 0 Å². The van der Waals surface area contributed by atoms with Gasteiger partial charge in [0, 0.05) is 18.3 Å². The number of aliphatic imine (C=N–C) groups is 1. The van der Waals surface area contributed by atoms with Crippen LogP contribution in [0.2, 0.25) is 0 Å². The number of benzene rings is 2. The van der Waals surface area contributed by atoms with Gasteiger partial charge in [-0.2, -0.15) is 0 Å². The number of anilines is 1. The van der Waals surface area contributed by atoms with Crippen LogP contribution in [0.1, 0.15) is 44.2 Å². The number of amides is 1. The number of carbonyl (C=O) groups excluding carboxylic acids is 1. The van der Waals surface area contributed by atoms with Crippen LogP contribution in [0.5, 0.6) is 0 Å². The van der Waals surface area contributed by atoms with Gasteiger partial charge in [-0.3, -0.25) is 4.79 Å². The number of hydrogen-bond donors (Lipinski definition) is 1. The normalized spacial score (nSPS) is 23.8. The van der Waals surface area contributed by atoms with E-state index >= 15 is 0 Å². The largest absolute Gasteiger partial charge is 0.369 e. The third-order valence-corrected chi connectivity index (χ3v) is 6.50. The predicted octanol–water partition coefficient (Wildman–Crippen LogP) is 5.30. The minimum atomic E-state index is -0.0938. The minimum absolute atomic E-state index is 0.0938. The summed E-state index contributed by atoms with van der Waals surface area (Å²) >= 11 is 1.39. The van der Waals surface area contributed by atoms with E-state index in [9.17, 15) is 4.79 Å². The third-order valence-electron chi connectivity index (χ3n) is 5.59. The highest BCUT2D eigenvalue weighted by Crippen LogP contribution is 2.43. The fourth-order valence-electron chi connectivity index (χ4n) is 3.94. The number of amidine groups is 1. The average Bonchev–Trinajstić information content (AvgIpc) is 2.99. The van der Waals surface area contributed by atoms with E-state index in [2.05, 4.69) is 61.2 Å². The molecule has 0 aromatic heterocycles. The number of thioether (sulfide) groups is 1. The number of rotatable bonds is 2. The summed E-state index contributed by atoms with van der Waals surface area (Å²) in [6.45, 7) is 6.86. The van der Waals surface area contributed by atoms with Crippen LogP contribution >= 0.6 is 11.8 Å². The lowest BCUT2D eigenvalue weighted by atomic mass is 9.80. The first-order valence-electron chi connectivity index (χ1n) is 9.56. The van der Waals surface area contributed by atoms with Crippen molar-refractivity contribution in [1.29, 1.82) is 0 Å². The SMILES string of the molecule is CC1CC(C)(C)N(C)c2ccc(/C=C3\SC(=Nc4ccccc4)NC3=O)cc21. The highest BCUT2D eigenvalue weighted by atomic mass is 32.2. The molecule has 4 rings (SSSR count). The second-order valence-electron chi connectivity index (χ2n) is 8.11. The summed E-state index contributed by atoms with van der Waals surface area (Å²) in [5.74, 6) is 0.392. The van der Waals surface area contributed by atoms with Gasteiger partial charge in [0.25, 0.3) is 5.91 Å². The first-order valence-corrected chi connectivity index (χ1v) is 10.4. The molecule has 1 amide bonds. The number of hydrogen-bond acceptors (Lipinski definition) is 4. The molecular formula is C23H25N3OS. The number of nitrogens with one attached hydrogen (secondary N) is 1. The van der Waals surface area contributed by atoms with Crippen molar-refractivity contribution in [3.8, 4) is 0 Å². The van der Waals surface area contributed by atoms with E-state index < -0.39 is 0 Å². The van der Waals surface area contributed by atoms with Crippen molar-refractivity contribution in [2.24, 2.45) is 4.99 Å². The van der Waals surface area contributed by atoms with Crippen LogP contribution in [0, 0.1) is 0 Å². The van der Waals surface area contributed by atoms with E-state index in [0.717, 1.165) is 17.7 Å². The summed E-state index contributed by atoms with van der Waals surface area (Å²) in [5, 5.41) is 3.48. The van der Waals surface area contributed by atoms with E-state index in [0.29, 0.717) is 16.0 Å². The van der Waals surface area contributed by atoms with Crippen molar-refractivity contribution >= 4 is 40.3 Å². The molecule has 1 saturated heterocycles. The van der Waals surface area contributed by atoms with Crippen molar-refractivity contribution in [2.75, 3.05) is 11.9 Å². The van der Waals surface area contributed by atoms with Crippen molar-refractivity contribution in [1.82, 2.24) is 5.32 Å². The first kappa shape index (κ1) is 18.8. The molecule has 1 unspecified atom stereocenters. The Balaban J connectivity index is 1.61. The van der Waals surface area contributed by atoms with E-state index in [1.165, 1.54) is 23.0 Å². The average molecular weight is 392 g/mol. The molecular weight excluding hydrogens is 366 g/mol. The van der Waals surface area contributed by atoms with Gasteiger partial charge in [0.05, 0.1) is 10.6 Å². The third kappa shape index (κ3) is 3.59. The second kappa shape index (κ2) is 7.13. The van der Waals surface area contributed by atoms with Crippen molar-refractivity contribution in [3.63, 3.8) is 0 Å². The molecule has 0 bridgehead atoms. The van der Waals surface area contributed by atoms with Crippen LogP contribution < -0.4 is 10.2 Å². The monoisotopic (exact) mass is 391 g/mol. The minimum Gasteiger partial charge on any atom is -0.369 e. The number of carbonyl (C=O) groups is 1. The lowest BCUT2D eigenvalue weighted by Gasteiger charge is -2.45. The Morgan fingerprint density at radius 1 is 1.21 bits per heavy atom. The molecule has 2 aromatic carbocycles. The molecule has 1 atom stereocenters. The molecule has 2 aliphatic heterocycles. The Kier molecular flexibility index (Phi) is 4.79. The Labute approximate surface area is 170 Å². The zero-order valence-corrected chi connectivity index (χ0v) is 17.5. The van der Waals surface area contributed by atoms with Crippen LogP contribution in [-0.2, 0) is 4.79 Å². The van der Waals surface area contributed by atoms with E-state index in [4.69, 9.17) is 0 Å². The summed E-state index contributed by atoms with van der Waals surface area (Å²) in [6, 6.07) is 16.2. The van der Waals surface area contributed by atoms with Crippen molar-refractivity contribution < 1.29 is 4.79 Å². The van der Waals surface area contributed by atoms with Crippen LogP contribution in [0.15, 0.2) is 58.4 Å². The van der Waals surface area contributed by atoms with Gasteiger partial charge in [-0.25, -0.2) is 4.99 Å². The number of para-hydroxylation sites is 1. The Morgan fingerprint density at radius 3 is 2.71 bits per heavy atom. The second-order valence-corrected chi connectivity index (χ2v) is 9.14. The van der Waals surface area contributed by atoms with Crippen LogP contribution in [0.3, 0.4) is 0 Å². The number of fused-ring (bicyclic) bond motifs is 1. The molecule has 1 fully saturated rings. The van der Waals surface area contributed by atoms with Gasteiger partial charge in [-0.05, 0) is 79.4 Å². The molecule has 2 aromatic rings. The molecule has 144 valence electrons. The van der Waals surface area contributed by atoms with Crippen molar-refractivity contribution in [3.05, 3.63) is 64.6 Å².